The Hall–Kier alpha value is -2.18. The standard InChI is InChI=1S/C18H25N3O4/c1-11(2)15-19-16(25-20-15)12-7-9-21(10-8-12)17(22)13-5-3-4-6-14(13)18(23)24/h3-4,11-14H,5-10H2,1-2H3,(H,23,24)/t13-,14-/m1/s1. The first-order chi connectivity index (χ1) is 12.0. The molecule has 0 aromatic carbocycles. The Morgan fingerprint density at radius 1 is 1.20 bits per heavy atom. The Kier molecular flexibility index (Phi) is 5.20. The lowest BCUT2D eigenvalue weighted by Gasteiger charge is -2.35. The van der Waals surface area contributed by atoms with Crippen molar-refractivity contribution in [2.45, 2.75) is 51.4 Å². The van der Waals surface area contributed by atoms with Crippen LogP contribution in [0, 0.1) is 11.8 Å². The van der Waals surface area contributed by atoms with Crippen molar-refractivity contribution in [2.75, 3.05) is 13.1 Å². The normalized spacial score (nSPS) is 24.7. The maximum absolute atomic E-state index is 12.8. The van der Waals surface area contributed by atoms with Gasteiger partial charge in [-0.05, 0) is 25.7 Å². The van der Waals surface area contributed by atoms with Crippen LogP contribution in [0.25, 0.3) is 0 Å². The third-order valence-electron chi connectivity index (χ3n) is 5.20. The molecular formula is C18H25N3O4. The van der Waals surface area contributed by atoms with E-state index in [-0.39, 0.29) is 17.7 Å². The first kappa shape index (κ1) is 17.6. The highest BCUT2D eigenvalue weighted by atomic mass is 16.5. The van der Waals surface area contributed by atoms with E-state index < -0.39 is 17.8 Å². The molecular weight excluding hydrogens is 322 g/mol. The third-order valence-corrected chi connectivity index (χ3v) is 5.20. The SMILES string of the molecule is CC(C)c1noc(C2CCN(C(=O)[C@@H]3CC=CC[C@H]3C(=O)O)CC2)n1. The third kappa shape index (κ3) is 3.75. The van der Waals surface area contributed by atoms with E-state index in [9.17, 15) is 14.7 Å². The molecule has 1 saturated heterocycles. The smallest absolute Gasteiger partial charge is 0.307 e. The van der Waals surface area contributed by atoms with Gasteiger partial charge in [0.2, 0.25) is 11.8 Å². The second kappa shape index (κ2) is 7.37. The number of carboxylic acid groups (broad SMARTS) is 1. The van der Waals surface area contributed by atoms with Gasteiger partial charge in [0, 0.05) is 24.9 Å². The summed E-state index contributed by atoms with van der Waals surface area (Å²) in [4.78, 5) is 30.5. The molecule has 1 amide bonds. The number of aromatic nitrogens is 2. The zero-order chi connectivity index (χ0) is 18.0. The van der Waals surface area contributed by atoms with E-state index in [1.807, 2.05) is 26.0 Å². The molecule has 7 nitrogen and oxygen atoms in total. The highest BCUT2D eigenvalue weighted by Crippen LogP contribution is 2.32. The molecule has 2 aliphatic rings. The van der Waals surface area contributed by atoms with Gasteiger partial charge in [-0.2, -0.15) is 4.98 Å². The van der Waals surface area contributed by atoms with Crippen LogP contribution in [0.4, 0.5) is 0 Å². The lowest BCUT2D eigenvalue weighted by Crippen LogP contribution is -2.45. The average molecular weight is 347 g/mol. The topological polar surface area (TPSA) is 96.5 Å². The van der Waals surface area contributed by atoms with Crippen molar-refractivity contribution in [3.8, 4) is 0 Å². The molecule has 0 bridgehead atoms. The van der Waals surface area contributed by atoms with Crippen LogP contribution in [0.3, 0.4) is 0 Å². The molecule has 25 heavy (non-hydrogen) atoms. The second-order valence-corrected chi connectivity index (χ2v) is 7.24. The molecule has 0 spiro atoms. The summed E-state index contributed by atoms with van der Waals surface area (Å²) in [6.45, 7) is 5.26. The van der Waals surface area contributed by atoms with Gasteiger partial charge >= 0.3 is 5.97 Å². The summed E-state index contributed by atoms with van der Waals surface area (Å²) in [6, 6.07) is 0. The van der Waals surface area contributed by atoms with Crippen LogP contribution in [0.15, 0.2) is 16.7 Å². The lowest BCUT2D eigenvalue weighted by atomic mass is 9.81. The van der Waals surface area contributed by atoms with Crippen molar-refractivity contribution in [1.82, 2.24) is 15.0 Å². The number of aliphatic carboxylic acids is 1. The van der Waals surface area contributed by atoms with E-state index >= 15 is 0 Å². The Morgan fingerprint density at radius 3 is 2.40 bits per heavy atom. The Balaban J connectivity index is 1.60. The number of allylic oxidation sites excluding steroid dienone is 2. The zero-order valence-corrected chi connectivity index (χ0v) is 14.7. The lowest BCUT2D eigenvalue weighted by molar-refractivity contribution is -0.151. The van der Waals surface area contributed by atoms with Gasteiger partial charge in [-0.3, -0.25) is 9.59 Å². The number of hydrogen-bond donors (Lipinski definition) is 1. The number of nitrogens with zero attached hydrogens (tertiary/aromatic N) is 3. The fourth-order valence-electron chi connectivity index (χ4n) is 3.59. The Bertz CT molecular complexity index is 659. The highest BCUT2D eigenvalue weighted by Gasteiger charge is 2.38. The van der Waals surface area contributed by atoms with Crippen LogP contribution < -0.4 is 0 Å². The summed E-state index contributed by atoms with van der Waals surface area (Å²) >= 11 is 0. The highest BCUT2D eigenvalue weighted by molar-refractivity contribution is 5.85. The molecule has 3 rings (SSSR count). The molecule has 1 aliphatic heterocycles. The first-order valence-electron chi connectivity index (χ1n) is 8.97. The van der Waals surface area contributed by atoms with E-state index in [1.54, 1.807) is 4.90 Å². The largest absolute Gasteiger partial charge is 0.481 e. The van der Waals surface area contributed by atoms with Crippen molar-refractivity contribution in [3.05, 3.63) is 23.9 Å². The number of carboxylic acids is 1. The summed E-state index contributed by atoms with van der Waals surface area (Å²) < 4.78 is 5.37. The van der Waals surface area contributed by atoms with Gasteiger partial charge in [0.05, 0.1) is 11.8 Å². The maximum atomic E-state index is 12.8. The van der Waals surface area contributed by atoms with E-state index in [0.29, 0.717) is 37.6 Å². The van der Waals surface area contributed by atoms with E-state index in [2.05, 4.69) is 10.1 Å². The molecule has 0 radical (unpaired) electrons. The quantitative estimate of drug-likeness (QED) is 0.841. The van der Waals surface area contributed by atoms with Crippen LogP contribution in [0.1, 0.15) is 63.1 Å². The van der Waals surface area contributed by atoms with Crippen molar-refractivity contribution in [2.24, 2.45) is 11.8 Å². The fourth-order valence-corrected chi connectivity index (χ4v) is 3.59. The number of carbonyl (C=O) groups is 2. The molecule has 1 fully saturated rings. The van der Waals surface area contributed by atoms with Gasteiger partial charge in [-0.15, -0.1) is 0 Å². The fraction of sp³-hybridized carbons (Fsp3) is 0.667. The molecule has 7 heteroatoms. The minimum Gasteiger partial charge on any atom is -0.481 e. The molecule has 0 unspecified atom stereocenters. The summed E-state index contributed by atoms with van der Waals surface area (Å²) in [7, 11) is 0. The first-order valence-corrected chi connectivity index (χ1v) is 8.97. The summed E-state index contributed by atoms with van der Waals surface area (Å²) in [5.41, 5.74) is 0. The number of amides is 1. The molecule has 1 aromatic rings. The van der Waals surface area contributed by atoms with Crippen LogP contribution in [0.2, 0.25) is 0 Å². The van der Waals surface area contributed by atoms with Crippen LogP contribution >= 0.6 is 0 Å². The van der Waals surface area contributed by atoms with Crippen molar-refractivity contribution in [1.29, 1.82) is 0 Å². The number of hydrogen-bond acceptors (Lipinski definition) is 5. The second-order valence-electron chi connectivity index (χ2n) is 7.24. The maximum Gasteiger partial charge on any atom is 0.307 e. The van der Waals surface area contributed by atoms with Gasteiger partial charge in [-0.1, -0.05) is 31.2 Å². The average Bonchev–Trinajstić information content (AvgIpc) is 3.11. The predicted octanol–water partition coefficient (Wildman–Crippen LogP) is 2.57. The molecule has 0 saturated carbocycles. The van der Waals surface area contributed by atoms with Crippen LogP contribution in [0.5, 0.6) is 0 Å². The van der Waals surface area contributed by atoms with Gasteiger partial charge < -0.3 is 14.5 Å². The van der Waals surface area contributed by atoms with Gasteiger partial charge in [-0.25, -0.2) is 0 Å². The molecule has 1 aromatic heterocycles. The molecule has 2 heterocycles. The van der Waals surface area contributed by atoms with Crippen LogP contribution in [-0.4, -0.2) is 45.1 Å². The van der Waals surface area contributed by atoms with Crippen molar-refractivity contribution < 1.29 is 19.2 Å². The molecule has 2 atom stereocenters. The number of piperidine rings is 1. The zero-order valence-electron chi connectivity index (χ0n) is 14.7. The monoisotopic (exact) mass is 347 g/mol. The Morgan fingerprint density at radius 2 is 1.84 bits per heavy atom. The predicted molar refractivity (Wildman–Crippen MR) is 89.9 cm³/mol. The van der Waals surface area contributed by atoms with Crippen molar-refractivity contribution in [3.63, 3.8) is 0 Å². The van der Waals surface area contributed by atoms with Gasteiger partial charge in [0.1, 0.15) is 0 Å². The minimum atomic E-state index is -0.885. The number of likely N-dealkylation sites (tertiary alicyclic amines) is 1. The molecule has 136 valence electrons. The minimum absolute atomic E-state index is 0.0383. The molecule has 1 N–H and O–H groups in total. The Labute approximate surface area is 147 Å². The van der Waals surface area contributed by atoms with Gasteiger partial charge in [0.25, 0.3) is 0 Å². The number of rotatable bonds is 4. The van der Waals surface area contributed by atoms with E-state index in [4.69, 9.17) is 4.52 Å². The summed E-state index contributed by atoms with van der Waals surface area (Å²) in [5.74, 6) is -0.216. The molecule has 1 aliphatic carbocycles. The summed E-state index contributed by atoms with van der Waals surface area (Å²) in [5, 5.41) is 13.4. The van der Waals surface area contributed by atoms with Crippen molar-refractivity contribution >= 4 is 11.9 Å². The summed E-state index contributed by atoms with van der Waals surface area (Å²) in [6.07, 6.45) is 6.26. The number of carbonyl (C=O) groups excluding carboxylic acids is 1. The van der Waals surface area contributed by atoms with E-state index in [1.165, 1.54) is 0 Å². The van der Waals surface area contributed by atoms with Gasteiger partial charge in [0.15, 0.2) is 5.82 Å². The van der Waals surface area contributed by atoms with E-state index in [0.717, 1.165) is 12.8 Å². The van der Waals surface area contributed by atoms with Crippen LogP contribution in [-0.2, 0) is 9.59 Å².